The lowest BCUT2D eigenvalue weighted by molar-refractivity contribution is -0.150. The number of hydrogen-bond donors (Lipinski definition) is 4. The Balaban J connectivity index is 2.58. The van der Waals surface area contributed by atoms with Gasteiger partial charge < -0.3 is 20.6 Å². The molecule has 3 atom stereocenters. The maximum atomic E-state index is 10.4. The lowest BCUT2D eigenvalue weighted by Crippen LogP contribution is -2.52. The quantitative estimate of drug-likeness (QED) is 0.357. The summed E-state index contributed by atoms with van der Waals surface area (Å²) < 4.78 is 0. The predicted octanol–water partition coefficient (Wildman–Crippen LogP) is -1.99. The summed E-state index contributed by atoms with van der Waals surface area (Å²) in [4.78, 5) is 10.4. The van der Waals surface area contributed by atoms with Gasteiger partial charge in [-0.25, -0.2) is 0 Å². The van der Waals surface area contributed by atoms with Crippen LogP contribution in [0.2, 0.25) is 0 Å². The summed E-state index contributed by atoms with van der Waals surface area (Å²) in [5.74, 6) is -1.97. The van der Waals surface area contributed by atoms with Crippen molar-refractivity contribution < 1.29 is 20.1 Å². The van der Waals surface area contributed by atoms with E-state index < -0.39 is 24.1 Å². The fourth-order valence-electron chi connectivity index (χ4n) is 1.13. The van der Waals surface area contributed by atoms with Crippen molar-refractivity contribution in [1.82, 2.24) is 5.32 Å². The van der Waals surface area contributed by atoms with Crippen LogP contribution in [-0.2, 0) is 4.79 Å². The van der Waals surface area contributed by atoms with Crippen LogP contribution in [-0.4, -0.2) is 46.6 Å². The molecular formula is C6H11NO4. The van der Waals surface area contributed by atoms with Crippen molar-refractivity contribution in [2.24, 2.45) is 5.92 Å². The summed E-state index contributed by atoms with van der Waals surface area (Å²) in [6.07, 6.45) is -2.11. The minimum atomic E-state index is -1.14. The summed E-state index contributed by atoms with van der Waals surface area (Å²) in [6.45, 7) is 0.471. The van der Waals surface area contributed by atoms with Gasteiger partial charge in [0, 0.05) is 13.1 Å². The molecule has 1 aliphatic rings. The van der Waals surface area contributed by atoms with Crippen molar-refractivity contribution in [3.05, 3.63) is 0 Å². The molecule has 0 saturated carbocycles. The minimum absolute atomic E-state index is 0.216. The van der Waals surface area contributed by atoms with Gasteiger partial charge in [-0.05, 0) is 0 Å². The van der Waals surface area contributed by atoms with Crippen molar-refractivity contribution in [3.63, 3.8) is 0 Å². The lowest BCUT2D eigenvalue weighted by Gasteiger charge is -2.29. The van der Waals surface area contributed by atoms with E-state index in [0.29, 0.717) is 0 Å². The number of aliphatic carboxylic acids is 1. The second kappa shape index (κ2) is 3.17. The average Bonchev–Trinajstić information content (AvgIpc) is 1.94. The van der Waals surface area contributed by atoms with Crippen LogP contribution in [0.1, 0.15) is 0 Å². The molecule has 64 valence electrons. The number of carboxylic acids is 1. The zero-order valence-corrected chi connectivity index (χ0v) is 5.90. The van der Waals surface area contributed by atoms with E-state index in [1.54, 1.807) is 0 Å². The highest BCUT2D eigenvalue weighted by Gasteiger charge is 2.34. The molecule has 1 rings (SSSR count). The topological polar surface area (TPSA) is 89.8 Å². The molecule has 1 saturated heterocycles. The van der Waals surface area contributed by atoms with Crippen LogP contribution >= 0.6 is 0 Å². The highest BCUT2D eigenvalue weighted by atomic mass is 16.4. The van der Waals surface area contributed by atoms with Crippen LogP contribution < -0.4 is 5.32 Å². The largest absolute Gasteiger partial charge is 0.481 e. The first-order valence-corrected chi connectivity index (χ1v) is 3.42. The third-order valence-corrected chi connectivity index (χ3v) is 1.84. The van der Waals surface area contributed by atoms with E-state index in [1.807, 2.05) is 0 Å². The molecule has 5 nitrogen and oxygen atoms in total. The molecule has 1 aliphatic heterocycles. The van der Waals surface area contributed by atoms with Gasteiger partial charge in [0.15, 0.2) is 0 Å². The van der Waals surface area contributed by atoms with Crippen molar-refractivity contribution in [3.8, 4) is 0 Å². The number of aliphatic hydroxyl groups is 2. The fourth-order valence-corrected chi connectivity index (χ4v) is 1.13. The number of rotatable bonds is 1. The van der Waals surface area contributed by atoms with Gasteiger partial charge in [-0.15, -0.1) is 0 Å². The van der Waals surface area contributed by atoms with Crippen molar-refractivity contribution in [2.75, 3.05) is 13.1 Å². The van der Waals surface area contributed by atoms with Crippen LogP contribution in [0.4, 0.5) is 0 Å². The Morgan fingerprint density at radius 1 is 1.36 bits per heavy atom. The first-order chi connectivity index (χ1) is 5.13. The molecule has 0 aliphatic carbocycles. The van der Waals surface area contributed by atoms with Gasteiger partial charge >= 0.3 is 5.97 Å². The van der Waals surface area contributed by atoms with E-state index in [1.165, 1.54) is 0 Å². The first-order valence-electron chi connectivity index (χ1n) is 3.42. The second-order valence-corrected chi connectivity index (χ2v) is 2.66. The maximum absolute atomic E-state index is 10.4. The molecule has 5 heteroatoms. The average molecular weight is 161 g/mol. The molecule has 0 aromatic carbocycles. The second-order valence-electron chi connectivity index (χ2n) is 2.66. The molecule has 1 fully saturated rings. The fraction of sp³-hybridized carbons (Fsp3) is 0.833. The molecule has 0 unspecified atom stereocenters. The third kappa shape index (κ3) is 1.68. The zero-order chi connectivity index (χ0) is 8.43. The highest BCUT2D eigenvalue weighted by Crippen LogP contribution is 2.11. The Labute approximate surface area is 63.7 Å². The molecule has 0 aromatic rings. The molecule has 0 aromatic heterocycles. The summed E-state index contributed by atoms with van der Waals surface area (Å²) in [5.41, 5.74) is 0. The third-order valence-electron chi connectivity index (χ3n) is 1.84. The summed E-state index contributed by atoms with van der Waals surface area (Å²) in [7, 11) is 0. The lowest BCUT2D eigenvalue weighted by atomic mass is 9.94. The number of carboxylic acid groups (broad SMARTS) is 1. The van der Waals surface area contributed by atoms with Crippen LogP contribution in [0.15, 0.2) is 0 Å². The standard InChI is InChI=1S/C6H11NO4/c8-4-2-7-1-3(5(4)9)6(10)11/h3-5,7-9H,1-2H2,(H,10,11)/t3-,4+,5+/m0/s1. The normalized spacial score (nSPS) is 38.5. The van der Waals surface area contributed by atoms with E-state index in [2.05, 4.69) is 5.32 Å². The van der Waals surface area contributed by atoms with E-state index in [9.17, 15) is 4.79 Å². The smallest absolute Gasteiger partial charge is 0.310 e. The minimum Gasteiger partial charge on any atom is -0.481 e. The van der Waals surface area contributed by atoms with Gasteiger partial charge in [0.2, 0.25) is 0 Å². The molecule has 0 amide bonds. The molecule has 0 spiro atoms. The Hall–Kier alpha value is -0.650. The van der Waals surface area contributed by atoms with Gasteiger partial charge in [-0.2, -0.15) is 0 Å². The Kier molecular flexibility index (Phi) is 2.43. The van der Waals surface area contributed by atoms with E-state index >= 15 is 0 Å². The Morgan fingerprint density at radius 3 is 2.45 bits per heavy atom. The molecule has 1 heterocycles. The number of nitrogens with one attached hydrogen (secondary N) is 1. The Morgan fingerprint density at radius 2 is 2.00 bits per heavy atom. The Bertz CT molecular complexity index is 161. The molecule has 4 N–H and O–H groups in total. The number of aliphatic hydroxyl groups excluding tert-OH is 2. The summed E-state index contributed by atoms with van der Waals surface area (Å²) in [6, 6.07) is 0. The van der Waals surface area contributed by atoms with Gasteiger partial charge in [0.05, 0.1) is 18.1 Å². The zero-order valence-electron chi connectivity index (χ0n) is 5.90. The van der Waals surface area contributed by atoms with Gasteiger partial charge in [-0.3, -0.25) is 4.79 Å². The number of carbonyl (C=O) groups is 1. The van der Waals surface area contributed by atoms with Crippen LogP contribution in [0.25, 0.3) is 0 Å². The maximum Gasteiger partial charge on any atom is 0.310 e. The number of piperidine rings is 1. The van der Waals surface area contributed by atoms with Gasteiger partial charge in [0.25, 0.3) is 0 Å². The first kappa shape index (κ1) is 8.45. The van der Waals surface area contributed by atoms with Crippen molar-refractivity contribution in [2.45, 2.75) is 12.2 Å². The molecule has 0 bridgehead atoms. The van der Waals surface area contributed by atoms with Crippen molar-refractivity contribution in [1.29, 1.82) is 0 Å². The number of hydrogen-bond acceptors (Lipinski definition) is 4. The van der Waals surface area contributed by atoms with Gasteiger partial charge in [-0.1, -0.05) is 0 Å². The monoisotopic (exact) mass is 161 g/mol. The molecular weight excluding hydrogens is 150 g/mol. The highest BCUT2D eigenvalue weighted by molar-refractivity contribution is 5.71. The van der Waals surface area contributed by atoms with E-state index in [0.717, 1.165) is 0 Å². The van der Waals surface area contributed by atoms with Crippen LogP contribution in [0.3, 0.4) is 0 Å². The summed E-state index contributed by atoms with van der Waals surface area (Å²) >= 11 is 0. The van der Waals surface area contributed by atoms with E-state index in [4.69, 9.17) is 15.3 Å². The van der Waals surface area contributed by atoms with E-state index in [-0.39, 0.29) is 13.1 Å². The predicted molar refractivity (Wildman–Crippen MR) is 36.0 cm³/mol. The van der Waals surface area contributed by atoms with Crippen molar-refractivity contribution >= 4 is 5.97 Å². The SMILES string of the molecule is O=C(O)[C@H]1CNC[C@@H](O)[C@@H]1O. The van der Waals surface area contributed by atoms with Gasteiger partial charge in [0.1, 0.15) is 0 Å². The molecule has 11 heavy (non-hydrogen) atoms. The van der Waals surface area contributed by atoms with Crippen LogP contribution in [0, 0.1) is 5.92 Å². The molecule has 0 radical (unpaired) electrons. The number of β-amino-alcohol motifs (C(OH)–C–C–N with tert-alkyl or cyclic N) is 1. The van der Waals surface area contributed by atoms with Crippen LogP contribution in [0.5, 0.6) is 0 Å². The summed E-state index contributed by atoms with van der Waals surface area (Å²) in [5, 5.41) is 29.4.